The zero-order chi connectivity index (χ0) is 17.6. The zero-order valence-corrected chi connectivity index (χ0v) is 15.6. The maximum atomic E-state index is 11.8. The van der Waals surface area contributed by atoms with Crippen LogP contribution in [0.3, 0.4) is 0 Å². The Hall–Kier alpha value is -2.08. The van der Waals surface area contributed by atoms with Crippen molar-refractivity contribution >= 4 is 23.5 Å². The Morgan fingerprint density at radius 3 is 2.72 bits per heavy atom. The summed E-state index contributed by atoms with van der Waals surface area (Å²) < 4.78 is 0. The molecule has 1 aromatic carbocycles. The summed E-state index contributed by atoms with van der Waals surface area (Å²) in [6, 6.07) is 12.3. The lowest BCUT2D eigenvalue weighted by molar-refractivity contribution is -0.128. The summed E-state index contributed by atoms with van der Waals surface area (Å²) in [6.07, 6.45) is 1.66. The van der Waals surface area contributed by atoms with Crippen molar-refractivity contribution < 1.29 is 4.79 Å². The third-order valence-electron chi connectivity index (χ3n) is 4.01. The first kappa shape index (κ1) is 17.7. The van der Waals surface area contributed by atoms with Crippen molar-refractivity contribution in [3.05, 3.63) is 47.5 Å². The molecule has 5 nitrogen and oxygen atoms in total. The van der Waals surface area contributed by atoms with Gasteiger partial charge in [-0.3, -0.25) is 4.79 Å². The van der Waals surface area contributed by atoms with Crippen molar-refractivity contribution in [3.63, 3.8) is 0 Å². The van der Waals surface area contributed by atoms with E-state index >= 15 is 0 Å². The van der Waals surface area contributed by atoms with Crippen LogP contribution in [-0.2, 0) is 17.9 Å². The maximum absolute atomic E-state index is 11.8. The van der Waals surface area contributed by atoms with Crippen LogP contribution >= 0.6 is 11.8 Å². The van der Waals surface area contributed by atoms with Crippen LogP contribution in [0.5, 0.6) is 0 Å². The van der Waals surface area contributed by atoms with Gasteiger partial charge in [-0.2, -0.15) is 0 Å². The lowest BCUT2D eigenvalue weighted by Gasteiger charge is -2.16. The fourth-order valence-corrected chi connectivity index (χ4v) is 3.56. The van der Waals surface area contributed by atoms with Crippen LogP contribution in [0.15, 0.2) is 41.4 Å². The molecule has 1 N–H and O–H groups in total. The highest BCUT2D eigenvalue weighted by Gasteiger charge is 2.19. The van der Waals surface area contributed by atoms with E-state index in [2.05, 4.69) is 47.6 Å². The van der Waals surface area contributed by atoms with Crippen molar-refractivity contribution in [1.82, 2.24) is 15.1 Å². The van der Waals surface area contributed by atoms with Gasteiger partial charge in [-0.15, -0.1) is 22.0 Å². The van der Waals surface area contributed by atoms with Gasteiger partial charge < -0.3 is 10.2 Å². The Morgan fingerprint density at radius 2 is 2.04 bits per heavy atom. The van der Waals surface area contributed by atoms with Crippen molar-refractivity contribution in [2.24, 2.45) is 0 Å². The molecular formula is C19H24N4OS. The van der Waals surface area contributed by atoms with Crippen LogP contribution in [0.2, 0.25) is 0 Å². The summed E-state index contributed by atoms with van der Waals surface area (Å²) in [7, 11) is 0. The van der Waals surface area contributed by atoms with Gasteiger partial charge in [0.15, 0.2) is 0 Å². The third kappa shape index (κ3) is 5.19. The molecule has 0 saturated carbocycles. The first-order valence-electron chi connectivity index (χ1n) is 8.70. The van der Waals surface area contributed by atoms with Crippen LogP contribution < -0.4 is 5.32 Å². The second-order valence-corrected chi connectivity index (χ2v) is 8.11. The molecule has 0 bridgehead atoms. The lowest BCUT2D eigenvalue weighted by atomic mass is 10.1. The number of nitrogens with one attached hydrogen (secondary N) is 1. The van der Waals surface area contributed by atoms with E-state index < -0.39 is 0 Å². The minimum Gasteiger partial charge on any atom is -0.365 e. The number of hydrogen-bond donors (Lipinski definition) is 1. The van der Waals surface area contributed by atoms with Gasteiger partial charge in [-0.25, -0.2) is 0 Å². The summed E-state index contributed by atoms with van der Waals surface area (Å²) in [5.74, 6) is 1.03. The van der Waals surface area contributed by atoms with Crippen LogP contribution in [-0.4, -0.2) is 32.8 Å². The van der Waals surface area contributed by atoms with E-state index in [9.17, 15) is 4.79 Å². The summed E-state index contributed by atoms with van der Waals surface area (Å²) in [4.78, 5) is 13.7. The molecule has 1 aromatic heterocycles. The van der Waals surface area contributed by atoms with Gasteiger partial charge in [0.2, 0.25) is 5.91 Å². The van der Waals surface area contributed by atoms with Gasteiger partial charge in [0, 0.05) is 31.3 Å². The number of aromatic nitrogens is 2. The third-order valence-corrected chi connectivity index (χ3v) is 4.94. The quantitative estimate of drug-likeness (QED) is 0.767. The van der Waals surface area contributed by atoms with E-state index in [0.717, 1.165) is 23.8 Å². The van der Waals surface area contributed by atoms with Crippen LogP contribution in [0.1, 0.15) is 37.8 Å². The molecule has 1 fully saturated rings. The predicted molar refractivity (Wildman–Crippen MR) is 101 cm³/mol. The van der Waals surface area contributed by atoms with E-state index in [4.69, 9.17) is 0 Å². The smallest absolute Gasteiger partial charge is 0.222 e. The molecule has 25 heavy (non-hydrogen) atoms. The number of amides is 1. The standard InChI is InChI=1S/C19H24N4OS/c1-14(2)25-18-9-8-17(21-22-18)20-12-15-5-3-6-16(11-15)13-23-10-4-7-19(23)24/h3,5-6,8-9,11,14H,4,7,10,12-13H2,1-2H3,(H,20,21). The van der Waals surface area contributed by atoms with E-state index in [0.29, 0.717) is 24.8 Å². The van der Waals surface area contributed by atoms with Gasteiger partial charge in [-0.1, -0.05) is 38.1 Å². The highest BCUT2D eigenvalue weighted by molar-refractivity contribution is 7.99. The molecule has 0 radical (unpaired) electrons. The Bertz CT molecular complexity index is 718. The average Bonchev–Trinajstić information content (AvgIpc) is 2.99. The Kier molecular flexibility index (Phi) is 5.91. The number of hydrogen-bond acceptors (Lipinski definition) is 5. The van der Waals surface area contributed by atoms with E-state index in [1.165, 1.54) is 11.1 Å². The van der Waals surface area contributed by atoms with Gasteiger partial charge in [0.05, 0.1) is 0 Å². The first-order chi connectivity index (χ1) is 12.1. The van der Waals surface area contributed by atoms with Crippen LogP contribution in [0.25, 0.3) is 0 Å². The predicted octanol–water partition coefficient (Wildman–Crippen LogP) is 3.71. The number of carbonyl (C=O) groups is 1. The highest BCUT2D eigenvalue weighted by atomic mass is 32.2. The molecule has 132 valence electrons. The Morgan fingerprint density at radius 1 is 1.20 bits per heavy atom. The Labute approximate surface area is 153 Å². The van der Waals surface area contributed by atoms with Gasteiger partial charge >= 0.3 is 0 Å². The normalized spacial score (nSPS) is 14.4. The number of carbonyl (C=O) groups excluding carboxylic acids is 1. The molecule has 2 aromatic rings. The number of nitrogens with zero attached hydrogens (tertiary/aromatic N) is 3. The molecule has 0 spiro atoms. The number of thioether (sulfide) groups is 1. The number of benzene rings is 1. The van der Waals surface area contributed by atoms with Crippen molar-refractivity contribution in [2.75, 3.05) is 11.9 Å². The van der Waals surface area contributed by atoms with Crippen LogP contribution in [0.4, 0.5) is 5.82 Å². The minimum absolute atomic E-state index is 0.262. The van der Waals surface area contributed by atoms with E-state index in [1.807, 2.05) is 23.1 Å². The molecule has 2 heterocycles. The first-order valence-corrected chi connectivity index (χ1v) is 9.58. The SMILES string of the molecule is CC(C)Sc1ccc(NCc2cccc(CN3CCCC3=O)c2)nn1. The fourth-order valence-electron chi connectivity index (χ4n) is 2.84. The molecule has 1 saturated heterocycles. The van der Waals surface area contributed by atoms with Crippen molar-refractivity contribution in [3.8, 4) is 0 Å². The summed E-state index contributed by atoms with van der Waals surface area (Å²) in [5.41, 5.74) is 2.34. The largest absolute Gasteiger partial charge is 0.365 e. The molecule has 0 aliphatic carbocycles. The van der Waals surface area contributed by atoms with Crippen molar-refractivity contribution in [1.29, 1.82) is 0 Å². The molecule has 0 atom stereocenters. The minimum atomic E-state index is 0.262. The second kappa shape index (κ2) is 8.34. The molecular weight excluding hydrogens is 332 g/mol. The molecule has 6 heteroatoms. The summed E-state index contributed by atoms with van der Waals surface area (Å²) >= 11 is 1.71. The van der Waals surface area contributed by atoms with Gasteiger partial charge in [0.1, 0.15) is 10.8 Å². The topological polar surface area (TPSA) is 58.1 Å². The van der Waals surface area contributed by atoms with E-state index in [-0.39, 0.29) is 5.91 Å². The van der Waals surface area contributed by atoms with Crippen molar-refractivity contribution in [2.45, 2.75) is 50.1 Å². The van der Waals surface area contributed by atoms with E-state index in [1.54, 1.807) is 11.8 Å². The summed E-state index contributed by atoms with van der Waals surface area (Å²) in [6.45, 7) is 6.54. The Balaban J connectivity index is 1.56. The fraction of sp³-hybridized carbons (Fsp3) is 0.421. The van der Waals surface area contributed by atoms with Gasteiger partial charge in [-0.05, 0) is 29.7 Å². The average molecular weight is 356 g/mol. The molecule has 3 rings (SSSR count). The molecule has 1 aliphatic heterocycles. The van der Waals surface area contributed by atoms with Crippen LogP contribution in [0, 0.1) is 0 Å². The lowest BCUT2D eigenvalue weighted by Crippen LogP contribution is -2.23. The number of rotatable bonds is 7. The van der Waals surface area contributed by atoms with Gasteiger partial charge in [0.25, 0.3) is 0 Å². The monoisotopic (exact) mass is 356 g/mol. The second-order valence-electron chi connectivity index (χ2n) is 6.52. The molecule has 1 aliphatic rings. The highest BCUT2D eigenvalue weighted by Crippen LogP contribution is 2.20. The molecule has 0 unspecified atom stereocenters. The number of anilines is 1. The summed E-state index contributed by atoms with van der Waals surface area (Å²) in [5, 5.41) is 13.2. The zero-order valence-electron chi connectivity index (χ0n) is 14.7. The molecule has 1 amide bonds. The number of likely N-dealkylation sites (tertiary alicyclic amines) is 1. The maximum Gasteiger partial charge on any atom is 0.222 e.